The third-order valence-corrected chi connectivity index (χ3v) is 5.77. The van der Waals surface area contributed by atoms with Crippen molar-refractivity contribution in [2.45, 2.75) is 37.7 Å². The lowest BCUT2D eigenvalue weighted by Gasteiger charge is -2.46. The number of hydrogen-bond donors (Lipinski definition) is 0. The van der Waals surface area contributed by atoms with Gasteiger partial charge in [-0.15, -0.1) is 11.3 Å². The van der Waals surface area contributed by atoms with Gasteiger partial charge in [-0.3, -0.25) is 4.79 Å². The zero-order valence-electron chi connectivity index (χ0n) is 9.58. The SMILES string of the molecule is O=C(c1csc(I)c1)C1CCOC2(CCC2)C1. The molecule has 2 fully saturated rings. The van der Waals surface area contributed by atoms with E-state index in [4.69, 9.17) is 4.74 Å². The second kappa shape index (κ2) is 4.63. The van der Waals surface area contributed by atoms with Crippen LogP contribution in [0.1, 0.15) is 42.5 Å². The molecule has 17 heavy (non-hydrogen) atoms. The molecule has 3 rings (SSSR count). The van der Waals surface area contributed by atoms with Gasteiger partial charge in [0.1, 0.15) is 0 Å². The summed E-state index contributed by atoms with van der Waals surface area (Å²) in [4.78, 5) is 12.4. The minimum Gasteiger partial charge on any atom is -0.375 e. The maximum Gasteiger partial charge on any atom is 0.167 e. The molecule has 2 heterocycles. The summed E-state index contributed by atoms with van der Waals surface area (Å²) >= 11 is 3.92. The van der Waals surface area contributed by atoms with Gasteiger partial charge in [0.2, 0.25) is 0 Å². The lowest BCUT2D eigenvalue weighted by Crippen LogP contribution is -2.47. The van der Waals surface area contributed by atoms with E-state index in [0.717, 1.165) is 37.9 Å². The first-order valence-corrected chi connectivity index (χ1v) is 8.07. The van der Waals surface area contributed by atoms with Crippen LogP contribution in [-0.2, 0) is 4.74 Å². The summed E-state index contributed by atoms with van der Waals surface area (Å²) in [6.45, 7) is 0.762. The van der Waals surface area contributed by atoms with Crippen LogP contribution >= 0.6 is 33.9 Å². The van der Waals surface area contributed by atoms with Crippen molar-refractivity contribution in [3.05, 3.63) is 19.9 Å². The van der Waals surface area contributed by atoms with Crippen LogP contribution < -0.4 is 0 Å². The molecule has 1 aliphatic heterocycles. The van der Waals surface area contributed by atoms with Gasteiger partial charge in [0.15, 0.2) is 5.78 Å². The monoisotopic (exact) mass is 362 g/mol. The fraction of sp³-hybridized carbons (Fsp3) is 0.615. The molecule has 1 aromatic rings. The van der Waals surface area contributed by atoms with Gasteiger partial charge < -0.3 is 4.74 Å². The molecule has 1 aromatic heterocycles. The molecule has 0 bridgehead atoms. The van der Waals surface area contributed by atoms with E-state index in [1.165, 1.54) is 9.30 Å². The Balaban J connectivity index is 1.73. The van der Waals surface area contributed by atoms with Gasteiger partial charge in [-0.05, 0) is 60.8 Å². The number of thiophene rings is 1. The molecule has 0 amide bonds. The Labute approximate surface area is 119 Å². The number of carbonyl (C=O) groups is 1. The predicted octanol–water partition coefficient (Wildman–Crippen LogP) is 3.88. The molecule has 2 aliphatic rings. The number of Topliss-reactive ketones (excluding diaryl/α,β-unsaturated/α-hetero) is 1. The maximum absolute atomic E-state index is 12.4. The zero-order valence-corrected chi connectivity index (χ0v) is 12.6. The molecule has 1 spiro atoms. The van der Waals surface area contributed by atoms with Crippen LogP contribution in [0, 0.1) is 8.80 Å². The van der Waals surface area contributed by atoms with Crippen molar-refractivity contribution in [3.63, 3.8) is 0 Å². The van der Waals surface area contributed by atoms with Crippen LogP contribution in [0.5, 0.6) is 0 Å². The molecule has 1 saturated heterocycles. The van der Waals surface area contributed by atoms with Gasteiger partial charge in [-0.1, -0.05) is 0 Å². The van der Waals surface area contributed by atoms with Gasteiger partial charge in [-0.2, -0.15) is 0 Å². The standard InChI is InChI=1S/C13H15IO2S/c14-11-6-10(8-17-11)12(15)9-2-5-16-13(7-9)3-1-4-13/h6,8-9H,1-5,7H2. The summed E-state index contributed by atoms with van der Waals surface area (Å²) in [7, 11) is 0. The van der Waals surface area contributed by atoms with Gasteiger partial charge in [0.25, 0.3) is 0 Å². The highest BCUT2D eigenvalue weighted by Gasteiger charge is 2.44. The average Bonchev–Trinajstić information content (AvgIpc) is 2.73. The first-order valence-electron chi connectivity index (χ1n) is 6.11. The Hall–Kier alpha value is 0.0600. The summed E-state index contributed by atoms with van der Waals surface area (Å²) < 4.78 is 7.06. The second-order valence-corrected chi connectivity index (χ2v) is 7.88. The molecule has 1 saturated carbocycles. The minimum absolute atomic E-state index is 0.0712. The highest BCUT2D eigenvalue weighted by atomic mass is 127. The van der Waals surface area contributed by atoms with Crippen LogP contribution in [0.4, 0.5) is 0 Å². The molecule has 0 radical (unpaired) electrons. The number of hydrogen-bond acceptors (Lipinski definition) is 3. The Morgan fingerprint density at radius 3 is 2.94 bits per heavy atom. The lowest BCUT2D eigenvalue weighted by molar-refractivity contribution is -0.137. The van der Waals surface area contributed by atoms with E-state index in [2.05, 4.69) is 22.6 Å². The topological polar surface area (TPSA) is 26.3 Å². The molecular formula is C13H15IO2S. The molecule has 1 atom stereocenters. The summed E-state index contributed by atoms with van der Waals surface area (Å²) in [5.41, 5.74) is 0.975. The Morgan fingerprint density at radius 2 is 2.35 bits per heavy atom. The second-order valence-electron chi connectivity index (χ2n) is 5.08. The average molecular weight is 362 g/mol. The van der Waals surface area contributed by atoms with E-state index in [1.807, 2.05) is 11.4 Å². The number of ether oxygens (including phenoxy) is 1. The summed E-state index contributed by atoms with van der Waals surface area (Å²) in [6.07, 6.45) is 5.40. The van der Waals surface area contributed by atoms with E-state index < -0.39 is 0 Å². The fourth-order valence-corrected chi connectivity index (χ4v) is 4.18. The quantitative estimate of drug-likeness (QED) is 0.590. The normalized spacial score (nSPS) is 26.8. The van der Waals surface area contributed by atoms with E-state index >= 15 is 0 Å². The Kier molecular flexibility index (Phi) is 3.30. The summed E-state index contributed by atoms with van der Waals surface area (Å²) in [5.74, 6) is 0.521. The lowest BCUT2D eigenvalue weighted by atomic mass is 9.71. The van der Waals surface area contributed by atoms with Gasteiger partial charge in [-0.25, -0.2) is 0 Å². The maximum atomic E-state index is 12.4. The number of halogens is 1. The number of ketones is 1. The first-order chi connectivity index (χ1) is 8.19. The van der Waals surface area contributed by atoms with E-state index in [-0.39, 0.29) is 11.5 Å². The highest BCUT2D eigenvalue weighted by Crippen LogP contribution is 2.45. The first kappa shape index (κ1) is 12.1. The Morgan fingerprint density at radius 1 is 1.53 bits per heavy atom. The molecule has 1 unspecified atom stereocenters. The highest BCUT2D eigenvalue weighted by molar-refractivity contribution is 14.1. The largest absolute Gasteiger partial charge is 0.375 e. The Bertz CT molecular complexity index is 436. The van der Waals surface area contributed by atoms with Crippen LogP contribution in [-0.4, -0.2) is 18.0 Å². The van der Waals surface area contributed by atoms with Gasteiger partial charge >= 0.3 is 0 Å². The van der Waals surface area contributed by atoms with Crippen molar-refractivity contribution in [3.8, 4) is 0 Å². The van der Waals surface area contributed by atoms with Crippen LogP contribution in [0.25, 0.3) is 0 Å². The van der Waals surface area contributed by atoms with Crippen molar-refractivity contribution in [2.75, 3.05) is 6.61 Å². The van der Waals surface area contributed by atoms with Crippen LogP contribution in [0.15, 0.2) is 11.4 Å². The zero-order chi connectivity index (χ0) is 11.9. The van der Waals surface area contributed by atoms with E-state index in [1.54, 1.807) is 11.3 Å². The molecule has 92 valence electrons. The molecular weight excluding hydrogens is 347 g/mol. The molecule has 0 N–H and O–H groups in total. The number of rotatable bonds is 2. The smallest absolute Gasteiger partial charge is 0.167 e. The third-order valence-electron chi connectivity index (χ3n) is 3.98. The fourth-order valence-electron chi connectivity index (χ4n) is 2.85. The van der Waals surface area contributed by atoms with Crippen LogP contribution in [0.3, 0.4) is 0 Å². The van der Waals surface area contributed by atoms with Gasteiger partial charge in [0.05, 0.1) is 8.48 Å². The van der Waals surface area contributed by atoms with Crippen molar-refractivity contribution < 1.29 is 9.53 Å². The molecule has 4 heteroatoms. The number of carbonyl (C=O) groups excluding carboxylic acids is 1. The minimum atomic E-state index is 0.0712. The van der Waals surface area contributed by atoms with E-state index in [9.17, 15) is 4.79 Å². The van der Waals surface area contributed by atoms with Gasteiger partial charge in [0, 0.05) is 23.5 Å². The van der Waals surface area contributed by atoms with Crippen LogP contribution in [0.2, 0.25) is 0 Å². The summed E-state index contributed by atoms with van der Waals surface area (Å²) in [5, 5.41) is 1.99. The van der Waals surface area contributed by atoms with Crippen molar-refractivity contribution in [1.29, 1.82) is 0 Å². The van der Waals surface area contributed by atoms with Crippen molar-refractivity contribution >= 4 is 39.7 Å². The molecule has 0 aromatic carbocycles. The van der Waals surface area contributed by atoms with E-state index in [0.29, 0.717) is 5.78 Å². The molecule has 1 aliphatic carbocycles. The predicted molar refractivity (Wildman–Crippen MR) is 76.6 cm³/mol. The van der Waals surface area contributed by atoms with Crippen molar-refractivity contribution in [1.82, 2.24) is 0 Å². The third kappa shape index (κ3) is 2.31. The van der Waals surface area contributed by atoms with Crippen molar-refractivity contribution in [2.24, 2.45) is 5.92 Å². The summed E-state index contributed by atoms with van der Waals surface area (Å²) in [6, 6.07) is 2.01. The molecule has 2 nitrogen and oxygen atoms in total.